The lowest BCUT2D eigenvalue weighted by Gasteiger charge is -2.42. The van der Waals surface area contributed by atoms with Crippen LogP contribution in [-0.2, 0) is 24.1 Å². The summed E-state index contributed by atoms with van der Waals surface area (Å²) in [5, 5.41) is 33.4. The van der Waals surface area contributed by atoms with Crippen molar-refractivity contribution in [1.29, 1.82) is 0 Å². The molecule has 1 saturated heterocycles. The van der Waals surface area contributed by atoms with Crippen molar-refractivity contribution >= 4 is 22.0 Å². The number of amides is 1. The summed E-state index contributed by atoms with van der Waals surface area (Å²) in [4.78, 5) is 21.5. The van der Waals surface area contributed by atoms with Crippen molar-refractivity contribution in [3.05, 3.63) is 34.4 Å². The van der Waals surface area contributed by atoms with Crippen LogP contribution in [-0.4, -0.2) is 71.3 Å². The third kappa shape index (κ3) is 5.82. The summed E-state index contributed by atoms with van der Waals surface area (Å²) >= 11 is 0. The predicted molar refractivity (Wildman–Crippen MR) is 89.5 cm³/mol. The number of aliphatic hydroxyl groups excluding tert-OH is 2. The molecule has 0 aromatic heterocycles. The number of benzene rings is 1. The van der Waals surface area contributed by atoms with Gasteiger partial charge >= 0.3 is 10.4 Å². The van der Waals surface area contributed by atoms with Gasteiger partial charge in [-0.1, -0.05) is 0 Å². The lowest BCUT2D eigenvalue weighted by Crippen LogP contribution is -2.65. The van der Waals surface area contributed by atoms with Crippen molar-refractivity contribution in [3.8, 4) is 5.75 Å². The first-order valence-corrected chi connectivity index (χ1v) is 9.16. The maximum Gasteiger partial charge on any atom is 0.397 e. The Labute approximate surface area is 158 Å². The fraction of sp³-hybridized carbons (Fsp3) is 0.500. The molecule has 13 nitrogen and oxygen atoms in total. The van der Waals surface area contributed by atoms with Gasteiger partial charge in [0.25, 0.3) is 5.69 Å². The van der Waals surface area contributed by atoms with Gasteiger partial charge in [0, 0.05) is 19.1 Å². The molecule has 14 heteroatoms. The van der Waals surface area contributed by atoms with E-state index in [0.717, 1.165) is 19.1 Å². The van der Waals surface area contributed by atoms with Crippen LogP contribution in [0.25, 0.3) is 0 Å². The first kappa shape index (κ1) is 21.9. The van der Waals surface area contributed by atoms with Gasteiger partial charge in [-0.15, -0.1) is 0 Å². The molecule has 1 heterocycles. The van der Waals surface area contributed by atoms with Crippen LogP contribution in [0.2, 0.25) is 0 Å². The van der Waals surface area contributed by atoms with Gasteiger partial charge in [-0.2, -0.15) is 8.42 Å². The first-order valence-electron chi connectivity index (χ1n) is 7.79. The number of nitro groups is 1. The van der Waals surface area contributed by atoms with Gasteiger partial charge in [0.05, 0.1) is 11.5 Å². The SMILES string of the molecule is CC(=O)N[C@@H]1[C@@H](Oc2ccc([N+](=O)[O-])cc2)O[C@@H](COS(=O)(=O)O)[C@@H](O)[C@@H]1O. The highest BCUT2D eigenvalue weighted by Crippen LogP contribution is 2.26. The smallest absolute Gasteiger partial charge is 0.397 e. The van der Waals surface area contributed by atoms with Gasteiger partial charge in [0.2, 0.25) is 12.2 Å². The van der Waals surface area contributed by atoms with Crippen LogP contribution in [0.1, 0.15) is 6.92 Å². The fourth-order valence-corrected chi connectivity index (χ4v) is 2.80. The van der Waals surface area contributed by atoms with Crippen LogP contribution in [0.5, 0.6) is 5.75 Å². The molecular weight excluding hydrogens is 404 g/mol. The highest BCUT2D eigenvalue weighted by Gasteiger charge is 2.46. The molecule has 1 aromatic rings. The fourth-order valence-electron chi connectivity index (χ4n) is 2.49. The maximum atomic E-state index is 11.4. The molecule has 0 radical (unpaired) electrons. The van der Waals surface area contributed by atoms with Gasteiger partial charge in [-0.25, -0.2) is 4.18 Å². The molecular formula is C14H18N2O11S. The lowest BCUT2D eigenvalue weighted by atomic mass is 9.97. The Bertz CT molecular complexity index is 813. The molecule has 1 aliphatic rings. The zero-order valence-electron chi connectivity index (χ0n) is 14.4. The third-order valence-electron chi connectivity index (χ3n) is 3.75. The molecule has 1 amide bonds. The number of aliphatic hydroxyl groups is 2. The minimum Gasteiger partial charge on any atom is -0.463 e. The summed E-state index contributed by atoms with van der Waals surface area (Å²) in [7, 11) is -4.83. The number of rotatable bonds is 7. The van der Waals surface area contributed by atoms with Gasteiger partial charge in [-0.3, -0.25) is 19.5 Å². The van der Waals surface area contributed by atoms with Crippen LogP contribution in [0.4, 0.5) is 5.69 Å². The average Bonchev–Trinajstić information content (AvgIpc) is 2.59. The summed E-state index contributed by atoms with van der Waals surface area (Å²) in [5.41, 5.74) is -0.204. The van der Waals surface area contributed by atoms with E-state index >= 15 is 0 Å². The highest BCUT2D eigenvalue weighted by atomic mass is 32.3. The topological polar surface area (TPSA) is 195 Å². The van der Waals surface area contributed by atoms with Crippen LogP contribution >= 0.6 is 0 Å². The summed E-state index contributed by atoms with van der Waals surface area (Å²) in [6.07, 6.45) is -6.19. The molecule has 1 aromatic carbocycles. The Morgan fingerprint density at radius 1 is 1.29 bits per heavy atom. The van der Waals surface area contributed by atoms with E-state index < -0.39 is 58.5 Å². The Kier molecular flexibility index (Phi) is 6.87. The van der Waals surface area contributed by atoms with E-state index in [1.807, 2.05) is 0 Å². The van der Waals surface area contributed by atoms with Crippen LogP contribution < -0.4 is 10.1 Å². The Morgan fingerprint density at radius 2 is 1.89 bits per heavy atom. The Morgan fingerprint density at radius 3 is 2.39 bits per heavy atom. The van der Waals surface area contributed by atoms with Gasteiger partial charge in [-0.05, 0) is 12.1 Å². The van der Waals surface area contributed by atoms with Crippen molar-refractivity contribution < 1.29 is 46.6 Å². The second-order valence-electron chi connectivity index (χ2n) is 5.83. The van der Waals surface area contributed by atoms with E-state index in [4.69, 9.17) is 14.0 Å². The predicted octanol–water partition coefficient (Wildman–Crippen LogP) is -1.26. The van der Waals surface area contributed by atoms with Crippen LogP contribution in [0.15, 0.2) is 24.3 Å². The number of nitro benzene ring substituents is 1. The molecule has 0 unspecified atom stereocenters. The molecule has 5 atom stereocenters. The number of carbonyl (C=O) groups is 1. The maximum absolute atomic E-state index is 11.4. The minimum absolute atomic E-state index is 0.0731. The zero-order chi connectivity index (χ0) is 21.1. The number of carbonyl (C=O) groups excluding carboxylic acids is 1. The van der Waals surface area contributed by atoms with E-state index in [9.17, 15) is 33.5 Å². The molecule has 28 heavy (non-hydrogen) atoms. The van der Waals surface area contributed by atoms with Crippen molar-refractivity contribution in [2.75, 3.05) is 6.61 Å². The Hall–Kier alpha value is -2.36. The molecule has 0 aliphatic carbocycles. The molecule has 2 rings (SSSR count). The van der Waals surface area contributed by atoms with E-state index in [1.54, 1.807) is 0 Å². The third-order valence-corrected chi connectivity index (χ3v) is 4.19. The number of nitrogens with zero attached hydrogens (tertiary/aromatic N) is 1. The molecule has 1 aliphatic heterocycles. The van der Waals surface area contributed by atoms with E-state index in [2.05, 4.69) is 9.50 Å². The molecule has 0 spiro atoms. The zero-order valence-corrected chi connectivity index (χ0v) is 15.2. The highest BCUT2D eigenvalue weighted by molar-refractivity contribution is 7.80. The van der Waals surface area contributed by atoms with Crippen molar-refractivity contribution in [2.24, 2.45) is 0 Å². The Balaban J connectivity index is 2.21. The van der Waals surface area contributed by atoms with Gasteiger partial charge in [0.1, 0.15) is 30.1 Å². The molecule has 156 valence electrons. The van der Waals surface area contributed by atoms with Crippen LogP contribution in [0, 0.1) is 10.1 Å². The number of nitrogens with one attached hydrogen (secondary N) is 1. The monoisotopic (exact) mass is 422 g/mol. The normalized spacial score (nSPS) is 27.8. The number of hydrogen-bond acceptors (Lipinski definition) is 10. The molecule has 1 fully saturated rings. The number of non-ortho nitro benzene ring substituents is 1. The van der Waals surface area contributed by atoms with Gasteiger partial charge in [0.15, 0.2) is 0 Å². The van der Waals surface area contributed by atoms with Crippen LogP contribution in [0.3, 0.4) is 0 Å². The summed E-state index contributed by atoms with van der Waals surface area (Å²) in [6.45, 7) is 0.305. The van der Waals surface area contributed by atoms with E-state index in [-0.39, 0.29) is 11.4 Å². The minimum atomic E-state index is -4.83. The lowest BCUT2D eigenvalue weighted by molar-refractivity contribution is -0.384. The second kappa shape index (κ2) is 8.76. The summed E-state index contributed by atoms with van der Waals surface area (Å²) < 4.78 is 45.1. The second-order valence-corrected chi connectivity index (χ2v) is 6.92. The first-order chi connectivity index (χ1) is 13.0. The van der Waals surface area contributed by atoms with Crippen molar-refractivity contribution in [2.45, 2.75) is 37.6 Å². The largest absolute Gasteiger partial charge is 0.463 e. The number of ether oxygens (including phenoxy) is 2. The molecule has 4 N–H and O–H groups in total. The summed E-state index contributed by atoms with van der Waals surface area (Å²) in [5.74, 6) is -0.506. The van der Waals surface area contributed by atoms with Crippen molar-refractivity contribution in [3.63, 3.8) is 0 Å². The van der Waals surface area contributed by atoms with Gasteiger partial charge < -0.3 is 25.0 Å². The standard InChI is InChI=1S/C14H18N2O11S/c1-7(17)15-11-13(19)12(18)10(6-25-28(22,23)24)27-14(11)26-9-4-2-8(3-5-9)16(20)21/h2-5,10-14,18-19H,6H2,1H3,(H,15,17)(H,22,23,24)/t10-,11-,12+,13+,14-/m0/s1. The molecule has 0 bridgehead atoms. The average molecular weight is 422 g/mol. The number of hydrogen-bond donors (Lipinski definition) is 4. The van der Waals surface area contributed by atoms with E-state index in [0.29, 0.717) is 0 Å². The quantitative estimate of drug-likeness (QED) is 0.233. The van der Waals surface area contributed by atoms with Crippen molar-refractivity contribution in [1.82, 2.24) is 5.32 Å². The van der Waals surface area contributed by atoms with E-state index in [1.165, 1.54) is 12.1 Å². The molecule has 0 saturated carbocycles. The summed E-state index contributed by atoms with van der Waals surface area (Å²) in [6, 6.07) is 3.52.